The monoisotopic (exact) mass is 747 g/mol. The van der Waals surface area contributed by atoms with Crippen LogP contribution in [0.3, 0.4) is 0 Å². The molecule has 0 fully saturated rings. The number of nitrogens with zero attached hydrogens (tertiary/aromatic N) is 5. The average Bonchev–Trinajstić information content (AvgIpc) is 3.07. The van der Waals surface area contributed by atoms with Crippen molar-refractivity contribution >= 4 is 84.3 Å². The Morgan fingerprint density at radius 3 is 1.58 bits per heavy atom. The normalized spacial score (nSPS) is 12.2. The van der Waals surface area contributed by atoms with Gasteiger partial charge in [-0.25, -0.2) is 0 Å². The van der Waals surface area contributed by atoms with Gasteiger partial charge in [-0.1, -0.05) is 35.9 Å². The molecule has 0 saturated carbocycles. The van der Waals surface area contributed by atoms with Crippen LogP contribution in [0, 0.1) is 17.0 Å². The molecule has 5 aromatic carbocycles. The molecule has 0 radical (unpaired) electrons. The summed E-state index contributed by atoms with van der Waals surface area (Å²) in [4.78, 5) is 9.09. The number of non-ortho nitro benzene ring substituents is 1. The van der Waals surface area contributed by atoms with Gasteiger partial charge in [0.25, 0.3) is 15.8 Å². The number of nitrogens with two attached hydrogens (primary N) is 4. The van der Waals surface area contributed by atoms with E-state index in [1.807, 2.05) is 31.2 Å². The minimum absolute atomic E-state index is 0.0304. The molecular formula is C33H33N9O8S2. The Kier molecular flexibility index (Phi) is 12.0. The molecule has 0 saturated heterocycles. The molecule has 270 valence electrons. The summed E-state index contributed by atoms with van der Waals surface area (Å²) in [6, 6.07) is 24.2. The smallest absolute Gasteiger partial charge is 0.295 e. The van der Waals surface area contributed by atoms with Crippen molar-refractivity contribution in [1.29, 1.82) is 0 Å². The Morgan fingerprint density at radius 2 is 1.10 bits per heavy atom. The molecule has 0 spiro atoms. The Labute approximate surface area is 299 Å². The molecule has 0 aliphatic carbocycles. The third-order valence-corrected chi connectivity index (χ3v) is 8.76. The number of nitro benzene ring substituents is 1. The molecule has 52 heavy (non-hydrogen) atoms. The predicted octanol–water partition coefficient (Wildman–Crippen LogP) is 8.75. The fraction of sp³-hybridized carbons (Fsp3) is 0.0303. The van der Waals surface area contributed by atoms with Crippen molar-refractivity contribution in [2.45, 2.75) is 16.7 Å². The van der Waals surface area contributed by atoms with Gasteiger partial charge in [0.2, 0.25) is 0 Å². The predicted molar refractivity (Wildman–Crippen MR) is 202 cm³/mol. The second-order valence-electron chi connectivity index (χ2n) is 10.9. The van der Waals surface area contributed by atoms with E-state index < -0.39 is 41.4 Å². The van der Waals surface area contributed by atoms with Crippen molar-refractivity contribution in [2.75, 3.05) is 22.9 Å². The van der Waals surface area contributed by atoms with E-state index in [1.165, 1.54) is 42.0 Å². The Bertz CT molecular complexity index is 2310. The van der Waals surface area contributed by atoms with Crippen LogP contribution in [0.15, 0.2) is 127 Å². The average molecular weight is 748 g/mol. The molecule has 0 amide bonds. The minimum atomic E-state index is -4.74. The quantitative estimate of drug-likeness (QED) is 0.0175. The first-order chi connectivity index (χ1) is 24.4. The fourth-order valence-corrected chi connectivity index (χ4v) is 5.73. The second kappa shape index (κ2) is 16.2. The van der Waals surface area contributed by atoms with Crippen LogP contribution >= 0.6 is 10.9 Å². The first kappa shape index (κ1) is 38.6. The molecule has 0 atom stereocenters. The lowest BCUT2D eigenvalue weighted by Gasteiger charge is -2.21. The highest BCUT2D eigenvalue weighted by molar-refractivity contribution is 8.19. The van der Waals surface area contributed by atoms with Crippen LogP contribution in [-0.2, 0) is 10.1 Å². The number of anilines is 4. The standard InChI is InChI=1S/C20H19N5O8S2.C13H14N4/c21-14-5-8-18(17(22)9-14)24-23-15-6-3-12(19(10-15)34(28,29)30)1-2-13-4-7-16(25(26)27)11-20(13)35(31,32)33;1-9-2-5-11(6-3-9)16-17-13-7-4-10(14)8-12(13)15/h1-11,31-33H,21-22H2,(H,28,29,30);2-8H,14-15H2,1H3/b2-1+,24-23?;. The SMILES string of the molecule is Cc1ccc(N=Nc2ccc(N)cc2N)cc1.Nc1ccc(N=Nc2ccc(/C=C/c3ccc([N+](=O)[O-])cc3S(O)(O)O)c(S(=O)(=O)O)c2)c(N)c1. The van der Waals surface area contributed by atoms with E-state index in [-0.39, 0.29) is 28.2 Å². The van der Waals surface area contributed by atoms with Gasteiger partial charge < -0.3 is 36.6 Å². The van der Waals surface area contributed by atoms with Gasteiger partial charge in [0.1, 0.15) is 27.1 Å². The number of benzene rings is 5. The van der Waals surface area contributed by atoms with Crippen molar-refractivity contribution in [3.63, 3.8) is 0 Å². The van der Waals surface area contributed by atoms with E-state index in [2.05, 4.69) is 20.5 Å². The lowest BCUT2D eigenvalue weighted by Crippen LogP contribution is -2.01. The van der Waals surface area contributed by atoms with Crippen LogP contribution < -0.4 is 22.9 Å². The first-order valence-corrected chi connectivity index (χ1v) is 17.6. The number of hydrogen-bond donors (Lipinski definition) is 8. The maximum atomic E-state index is 12.0. The largest absolute Gasteiger partial charge is 0.399 e. The summed E-state index contributed by atoms with van der Waals surface area (Å²) in [5.74, 6) is 0. The zero-order valence-electron chi connectivity index (χ0n) is 27.2. The Balaban J connectivity index is 0.000000296. The van der Waals surface area contributed by atoms with Gasteiger partial charge in [-0.2, -0.15) is 18.6 Å². The molecule has 0 aliphatic heterocycles. The van der Waals surface area contributed by atoms with Crippen molar-refractivity contribution in [3.8, 4) is 0 Å². The highest BCUT2D eigenvalue weighted by atomic mass is 32.3. The summed E-state index contributed by atoms with van der Waals surface area (Å²) in [6.07, 6.45) is 2.38. The molecule has 5 rings (SSSR count). The lowest BCUT2D eigenvalue weighted by molar-refractivity contribution is -0.385. The van der Waals surface area contributed by atoms with Crippen molar-refractivity contribution in [3.05, 3.63) is 124 Å². The molecule has 0 aliphatic rings. The van der Waals surface area contributed by atoms with Gasteiger partial charge >= 0.3 is 0 Å². The first-order valence-electron chi connectivity index (χ1n) is 14.7. The van der Waals surface area contributed by atoms with Crippen molar-refractivity contribution in [2.24, 2.45) is 20.5 Å². The van der Waals surface area contributed by atoms with E-state index in [0.29, 0.717) is 22.7 Å². The van der Waals surface area contributed by atoms with E-state index in [9.17, 15) is 36.7 Å². The van der Waals surface area contributed by atoms with Crippen molar-refractivity contribution < 1.29 is 31.6 Å². The summed E-state index contributed by atoms with van der Waals surface area (Å²) in [7, 11) is -9.09. The maximum Gasteiger partial charge on any atom is 0.295 e. The Morgan fingerprint density at radius 1 is 0.615 bits per heavy atom. The number of rotatable bonds is 9. The van der Waals surface area contributed by atoms with Crippen LogP contribution in [-0.4, -0.2) is 31.6 Å². The van der Waals surface area contributed by atoms with Crippen molar-refractivity contribution in [1.82, 2.24) is 0 Å². The van der Waals surface area contributed by atoms with Crippen LogP contribution in [0.5, 0.6) is 0 Å². The highest BCUT2D eigenvalue weighted by Crippen LogP contribution is 2.47. The summed E-state index contributed by atoms with van der Waals surface area (Å²) >= 11 is 0. The molecule has 19 heteroatoms. The zero-order valence-corrected chi connectivity index (χ0v) is 28.8. The van der Waals surface area contributed by atoms with Gasteiger partial charge in [0, 0.05) is 23.5 Å². The van der Waals surface area contributed by atoms with E-state index in [4.69, 9.17) is 22.9 Å². The van der Waals surface area contributed by atoms with E-state index in [1.54, 1.807) is 24.3 Å². The zero-order chi connectivity index (χ0) is 38.2. The van der Waals surface area contributed by atoms with Crippen LogP contribution in [0.2, 0.25) is 0 Å². The van der Waals surface area contributed by atoms with Gasteiger partial charge in [0.15, 0.2) is 0 Å². The number of aryl methyl sites for hydroxylation is 1. The van der Waals surface area contributed by atoms with E-state index >= 15 is 0 Å². The molecular weight excluding hydrogens is 715 g/mol. The topological polar surface area (TPSA) is 312 Å². The highest BCUT2D eigenvalue weighted by Gasteiger charge is 2.23. The van der Waals surface area contributed by atoms with Gasteiger partial charge in [-0.3, -0.25) is 14.7 Å². The molecule has 0 aromatic heterocycles. The number of nitro groups is 1. The van der Waals surface area contributed by atoms with Gasteiger partial charge in [0.05, 0.1) is 32.6 Å². The third kappa shape index (κ3) is 10.6. The third-order valence-electron chi connectivity index (χ3n) is 6.90. The summed E-state index contributed by atoms with van der Waals surface area (Å²) in [6.45, 7) is 2.03. The van der Waals surface area contributed by atoms with E-state index in [0.717, 1.165) is 30.0 Å². The summed E-state index contributed by atoms with van der Waals surface area (Å²) < 4.78 is 62.5. The molecule has 0 heterocycles. The lowest BCUT2D eigenvalue weighted by atomic mass is 10.1. The van der Waals surface area contributed by atoms with Crippen LogP contribution in [0.1, 0.15) is 16.7 Å². The molecule has 12 N–H and O–H groups in total. The molecule has 0 unspecified atom stereocenters. The number of hydrogen-bond acceptors (Lipinski definition) is 15. The molecule has 0 bridgehead atoms. The second-order valence-corrected chi connectivity index (χ2v) is 13.8. The molecule has 17 nitrogen and oxygen atoms in total. The molecule has 5 aromatic rings. The minimum Gasteiger partial charge on any atom is -0.399 e. The van der Waals surface area contributed by atoms with Crippen LogP contribution in [0.25, 0.3) is 12.2 Å². The maximum absolute atomic E-state index is 12.0. The summed E-state index contributed by atoms with van der Waals surface area (Å²) in [5, 5.41) is 27.0. The Hall–Kier alpha value is -6.22. The summed E-state index contributed by atoms with van der Waals surface area (Å²) in [5.41, 5.74) is 27.0. The fourth-order valence-electron chi connectivity index (χ4n) is 4.30. The van der Waals surface area contributed by atoms with Gasteiger partial charge in [-0.15, -0.1) is 10.2 Å². The number of nitrogen functional groups attached to an aromatic ring is 4. The number of azo groups is 2. The van der Waals surface area contributed by atoms with Crippen LogP contribution in [0.4, 0.5) is 51.2 Å². The van der Waals surface area contributed by atoms with Gasteiger partial charge in [-0.05, 0) is 84.8 Å².